The number of hydrogen-bond donors (Lipinski definition) is 1. The van der Waals surface area contributed by atoms with E-state index in [9.17, 15) is 0 Å². The molecule has 0 amide bonds. The van der Waals surface area contributed by atoms with E-state index in [-0.39, 0.29) is 0 Å². The number of nitrogens with two attached hydrogens (primary N) is 1. The van der Waals surface area contributed by atoms with E-state index in [1.54, 1.807) is 12.3 Å². The largest absolute Gasteiger partial charge is 0.326 e. The van der Waals surface area contributed by atoms with Crippen molar-refractivity contribution >= 4 is 23.2 Å². The van der Waals surface area contributed by atoms with Gasteiger partial charge < -0.3 is 5.73 Å². The van der Waals surface area contributed by atoms with Crippen molar-refractivity contribution in [2.45, 2.75) is 13.0 Å². The first-order valence-corrected chi connectivity index (χ1v) is 6.03. The molecule has 0 bridgehead atoms. The highest BCUT2D eigenvalue weighted by atomic mass is 35.5. The summed E-state index contributed by atoms with van der Waals surface area (Å²) in [5.74, 6) is 0. The Morgan fingerprint density at radius 3 is 2.65 bits per heavy atom. The Morgan fingerprint density at radius 2 is 1.94 bits per heavy atom. The molecule has 88 valence electrons. The number of rotatable bonds is 3. The smallest absolute Gasteiger partial charge is 0.0492 e. The van der Waals surface area contributed by atoms with Crippen molar-refractivity contribution in [2.75, 3.05) is 0 Å². The van der Waals surface area contributed by atoms with E-state index in [1.165, 1.54) is 0 Å². The van der Waals surface area contributed by atoms with E-state index in [0.717, 1.165) is 16.8 Å². The minimum atomic E-state index is 0.481. The van der Waals surface area contributed by atoms with Gasteiger partial charge >= 0.3 is 0 Å². The molecule has 2 nitrogen and oxygen atoms in total. The SMILES string of the molecule is NCc1cccnc1Cc1ccc(Cl)cc1Cl. The quantitative estimate of drug-likeness (QED) is 0.925. The maximum Gasteiger partial charge on any atom is 0.0492 e. The van der Waals surface area contributed by atoms with Crippen LogP contribution in [-0.4, -0.2) is 4.98 Å². The Kier molecular flexibility index (Phi) is 4.00. The van der Waals surface area contributed by atoms with Gasteiger partial charge in [-0.15, -0.1) is 0 Å². The number of halogens is 2. The standard InChI is InChI=1S/C13H12Cl2N2/c14-11-4-3-9(12(15)7-11)6-13-10(8-16)2-1-5-17-13/h1-5,7H,6,8,16H2. The average Bonchev–Trinajstić information content (AvgIpc) is 2.33. The van der Waals surface area contributed by atoms with Crippen LogP contribution in [0, 0.1) is 0 Å². The third-order valence-electron chi connectivity index (χ3n) is 2.58. The molecule has 1 aromatic carbocycles. The highest BCUT2D eigenvalue weighted by molar-refractivity contribution is 6.35. The zero-order valence-electron chi connectivity index (χ0n) is 9.16. The van der Waals surface area contributed by atoms with E-state index < -0.39 is 0 Å². The van der Waals surface area contributed by atoms with Crippen LogP contribution < -0.4 is 5.73 Å². The van der Waals surface area contributed by atoms with Crippen LogP contribution >= 0.6 is 23.2 Å². The van der Waals surface area contributed by atoms with Crippen LogP contribution in [0.5, 0.6) is 0 Å². The van der Waals surface area contributed by atoms with Gasteiger partial charge in [-0.3, -0.25) is 4.98 Å². The molecule has 4 heteroatoms. The molecule has 0 fully saturated rings. The molecule has 2 rings (SSSR count). The number of pyridine rings is 1. The van der Waals surface area contributed by atoms with E-state index >= 15 is 0 Å². The molecule has 0 spiro atoms. The topological polar surface area (TPSA) is 38.9 Å². The third kappa shape index (κ3) is 2.97. The van der Waals surface area contributed by atoms with Crippen LogP contribution in [0.25, 0.3) is 0 Å². The van der Waals surface area contributed by atoms with Crippen molar-refractivity contribution in [2.24, 2.45) is 5.73 Å². The molecule has 0 aliphatic heterocycles. The molecule has 2 N–H and O–H groups in total. The Hall–Kier alpha value is -1.09. The molecule has 0 aliphatic carbocycles. The molecular formula is C13H12Cl2N2. The fourth-order valence-electron chi connectivity index (χ4n) is 1.66. The number of nitrogens with zero attached hydrogens (tertiary/aromatic N) is 1. The monoisotopic (exact) mass is 266 g/mol. The number of hydrogen-bond acceptors (Lipinski definition) is 2. The van der Waals surface area contributed by atoms with E-state index in [1.807, 2.05) is 24.3 Å². The Labute approximate surface area is 110 Å². The van der Waals surface area contributed by atoms with Crippen molar-refractivity contribution in [3.8, 4) is 0 Å². The Bertz CT molecular complexity index is 527. The molecule has 1 heterocycles. The molecule has 0 radical (unpaired) electrons. The molecular weight excluding hydrogens is 255 g/mol. The minimum Gasteiger partial charge on any atom is -0.326 e. The van der Waals surface area contributed by atoms with Gasteiger partial charge in [0.25, 0.3) is 0 Å². The van der Waals surface area contributed by atoms with Crippen LogP contribution in [0.2, 0.25) is 10.0 Å². The maximum absolute atomic E-state index is 6.13. The fourth-order valence-corrected chi connectivity index (χ4v) is 2.14. The zero-order valence-corrected chi connectivity index (χ0v) is 10.7. The van der Waals surface area contributed by atoms with Crippen LogP contribution in [0.1, 0.15) is 16.8 Å². The zero-order chi connectivity index (χ0) is 12.3. The average molecular weight is 267 g/mol. The lowest BCUT2D eigenvalue weighted by molar-refractivity contribution is 0.964. The Morgan fingerprint density at radius 1 is 1.12 bits per heavy atom. The van der Waals surface area contributed by atoms with Crippen LogP contribution in [-0.2, 0) is 13.0 Å². The molecule has 1 aromatic heterocycles. The van der Waals surface area contributed by atoms with Gasteiger partial charge in [0.2, 0.25) is 0 Å². The van der Waals surface area contributed by atoms with Gasteiger partial charge in [0, 0.05) is 34.9 Å². The van der Waals surface area contributed by atoms with Crippen molar-refractivity contribution in [1.82, 2.24) is 4.98 Å². The summed E-state index contributed by atoms with van der Waals surface area (Å²) in [5.41, 5.74) is 8.67. The predicted octanol–water partition coefficient (Wildman–Crippen LogP) is 3.44. The number of benzene rings is 1. The van der Waals surface area contributed by atoms with Crippen molar-refractivity contribution < 1.29 is 0 Å². The second kappa shape index (κ2) is 5.50. The fraction of sp³-hybridized carbons (Fsp3) is 0.154. The summed E-state index contributed by atoms with van der Waals surface area (Å²) < 4.78 is 0. The van der Waals surface area contributed by atoms with Crippen molar-refractivity contribution in [3.05, 3.63) is 63.4 Å². The molecule has 0 aliphatic rings. The first-order chi connectivity index (χ1) is 8.20. The second-order valence-electron chi connectivity index (χ2n) is 3.73. The van der Waals surface area contributed by atoms with E-state index in [0.29, 0.717) is 23.0 Å². The second-order valence-corrected chi connectivity index (χ2v) is 4.57. The minimum absolute atomic E-state index is 0.481. The molecule has 17 heavy (non-hydrogen) atoms. The van der Waals surface area contributed by atoms with Gasteiger partial charge in [-0.2, -0.15) is 0 Å². The predicted molar refractivity (Wildman–Crippen MR) is 71.4 cm³/mol. The normalized spacial score (nSPS) is 10.5. The van der Waals surface area contributed by atoms with Crippen LogP contribution in [0.15, 0.2) is 36.5 Å². The summed E-state index contributed by atoms with van der Waals surface area (Å²) in [4.78, 5) is 4.34. The highest BCUT2D eigenvalue weighted by Gasteiger charge is 2.06. The maximum atomic E-state index is 6.13. The summed E-state index contributed by atoms with van der Waals surface area (Å²) >= 11 is 12.0. The molecule has 0 unspecified atom stereocenters. The van der Waals surface area contributed by atoms with Crippen molar-refractivity contribution in [3.63, 3.8) is 0 Å². The van der Waals surface area contributed by atoms with Crippen molar-refractivity contribution in [1.29, 1.82) is 0 Å². The molecule has 2 aromatic rings. The van der Waals surface area contributed by atoms with E-state index in [4.69, 9.17) is 28.9 Å². The number of aromatic nitrogens is 1. The summed E-state index contributed by atoms with van der Waals surface area (Å²) in [5, 5.41) is 1.30. The van der Waals surface area contributed by atoms with Gasteiger partial charge in [0.05, 0.1) is 0 Å². The summed E-state index contributed by atoms with van der Waals surface area (Å²) in [7, 11) is 0. The third-order valence-corrected chi connectivity index (χ3v) is 3.16. The van der Waals surface area contributed by atoms with Gasteiger partial charge in [0.15, 0.2) is 0 Å². The summed E-state index contributed by atoms with van der Waals surface area (Å²) in [6.45, 7) is 0.481. The first kappa shape index (κ1) is 12.4. The Balaban J connectivity index is 2.31. The summed E-state index contributed by atoms with van der Waals surface area (Å²) in [6.07, 6.45) is 2.43. The van der Waals surface area contributed by atoms with E-state index in [2.05, 4.69) is 4.98 Å². The molecule has 0 saturated heterocycles. The van der Waals surface area contributed by atoms with Gasteiger partial charge in [-0.25, -0.2) is 0 Å². The van der Waals surface area contributed by atoms with Crippen LogP contribution in [0.4, 0.5) is 0 Å². The lowest BCUT2D eigenvalue weighted by Gasteiger charge is -2.08. The van der Waals surface area contributed by atoms with Gasteiger partial charge in [0.1, 0.15) is 0 Å². The van der Waals surface area contributed by atoms with Crippen LogP contribution in [0.3, 0.4) is 0 Å². The molecule has 0 atom stereocenters. The lowest BCUT2D eigenvalue weighted by Crippen LogP contribution is -2.04. The first-order valence-electron chi connectivity index (χ1n) is 5.27. The highest BCUT2D eigenvalue weighted by Crippen LogP contribution is 2.23. The lowest BCUT2D eigenvalue weighted by atomic mass is 10.1. The van der Waals surface area contributed by atoms with Gasteiger partial charge in [-0.1, -0.05) is 35.3 Å². The summed E-state index contributed by atoms with van der Waals surface area (Å²) in [6, 6.07) is 9.35. The molecule has 0 saturated carbocycles. The van der Waals surface area contributed by atoms with Gasteiger partial charge in [-0.05, 0) is 29.3 Å².